The van der Waals surface area contributed by atoms with Crippen molar-refractivity contribution in [2.45, 2.75) is 41.5 Å². The first-order chi connectivity index (χ1) is 18.6. The van der Waals surface area contributed by atoms with Crippen LogP contribution in [0.15, 0.2) is 24.3 Å². The first-order valence-corrected chi connectivity index (χ1v) is 16.4. The molecule has 0 bridgehead atoms. The van der Waals surface area contributed by atoms with Gasteiger partial charge in [0.2, 0.25) is 0 Å². The van der Waals surface area contributed by atoms with Gasteiger partial charge in [-0.25, -0.2) is 8.78 Å². The summed E-state index contributed by atoms with van der Waals surface area (Å²) in [5.74, 6) is -1.72. The highest BCUT2D eigenvalue weighted by Crippen LogP contribution is 2.49. The lowest BCUT2D eigenvalue weighted by molar-refractivity contribution is 0.516. The normalized spacial score (nSPS) is 12.1. The molecule has 0 amide bonds. The summed E-state index contributed by atoms with van der Waals surface area (Å²) in [7, 11) is 0. The Kier molecular flexibility index (Phi) is 5.85. The molecule has 0 atom stereocenters. The minimum absolute atomic E-state index is 0.203. The molecule has 0 saturated carbocycles. The molecule has 39 heavy (non-hydrogen) atoms. The first-order valence-electron chi connectivity index (χ1n) is 12.4. The van der Waals surface area contributed by atoms with Gasteiger partial charge in [-0.2, -0.15) is 8.75 Å². The molecule has 0 N–H and O–H groups in total. The third kappa shape index (κ3) is 3.70. The summed E-state index contributed by atoms with van der Waals surface area (Å²) in [6, 6.07) is 8.41. The highest BCUT2D eigenvalue weighted by molar-refractivity contribution is 7.27. The minimum Gasteiger partial charge on any atom is -0.203 e. The van der Waals surface area contributed by atoms with E-state index in [2.05, 4.69) is 41.7 Å². The highest BCUT2D eigenvalue weighted by atomic mass is 32.1. The molecule has 0 aliphatic carbocycles. The number of aryl methyl sites for hydroxylation is 6. The molecular weight excluding hydrogens is 587 g/mol. The fourth-order valence-electron chi connectivity index (χ4n) is 5.32. The summed E-state index contributed by atoms with van der Waals surface area (Å²) in [5, 5.41) is 2.59. The van der Waals surface area contributed by atoms with Crippen molar-refractivity contribution in [2.24, 2.45) is 0 Å². The Bertz CT molecular complexity index is 2040. The van der Waals surface area contributed by atoms with Crippen LogP contribution in [0, 0.1) is 53.2 Å². The Hall–Kier alpha value is -2.56. The van der Waals surface area contributed by atoms with Crippen molar-refractivity contribution in [3.63, 3.8) is 0 Å². The second-order valence-corrected chi connectivity index (χ2v) is 15.2. The van der Waals surface area contributed by atoms with Gasteiger partial charge in [-0.3, -0.25) is 0 Å². The van der Waals surface area contributed by atoms with Crippen molar-refractivity contribution >= 4 is 88.3 Å². The lowest BCUT2D eigenvalue weighted by Crippen LogP contribution is -1.95. The predicted octanol–water partition coefficient (Wildman–Crippen LogP) is 11.4. The summed E-state index contributed by atoms with van der Waals surface area (Å²) in [6.45, 7) is 12.6. The summed E-state index contributed by atoms with van der Waals surface area (Å²) in [5.41, 5.74) is 5.96. The van der Waals surface area contributed by atoms with Gasteiger partial charge >= 0.3 is 0 Å². The molecule has 0 spiro atoms. The minimum atomic E-state index is -0.861. The van der Waals surface area contributed by atoms with Crippen molar-refractivity contribution in [1.82, 2.24) is 8.75 Å². The summed E-state index contributed by atoms with van der Waals surface area (Å²) in [6.07, 6.45) is 0. The Morgan fingerprint density at radius 3 is 1.77 bits per heavy atom. The zero-order valence-electron chi connectivity index (χ0n) is 22.0. The van der Waals surface area contributed by atoms with E-state index in [4.69, 9.17) is 0 Å². The van der Waals surface area contributed by atoms with Crippen LogP contribution >= 0.6 is 57.1 Å². The number of aromatic nitrogens is 2. The van der Waals surface area contributed by atoms with Crippen LogP contribution in [0.4, 0.5) is 8.78 Å². The zero-order chi connectivity index (χ0) is 27.3. The maximum Gasteiger partial charge on any atom is 0.170 e. The topological polar surface area (TPSA) is 25.8 Å². The van der Waals surface area contributed by atoms with E-state index in [0.717, 1.165) is 37.5 Å². The zero-order valence-corrected chi connectivity index (χ0v) is 26.1. The SMILES string of the molecule is Cc1cc2c(C)c3sc(-c4sc(-c5c(F)c(F)c(-c6cc(C)c(C)s6)c6nsnc56)cc4C)cc3c(C)c2s1. The summed E-state index contributed by atoms with van der Waals surface area (Å²) in [4.78, 5) is 5.97. The third-order valence-electron chi connectivity index (χ3n) is 7.47. The van der Waals surface area contributed by atoms with Crippen LogP contribution in [0.3, 0.4) is 0 Å². The molecular formula is C30H22F2N2S5. The molecule has 7 aromatic rings. The number of hydrogen-bond acceptors (Lipinski definition) is 7. The third-order valence-corrected chi connectivity index (χ3v) is 13.0. The van der Waals surface area contributed by atoms with Crippen molar-refractivity contribution < 1.29 is 8.78 Å². The lowest BCUT2D eigenvalue weighted by atomic mass is 10.0. The van der Waals surface area contributed by atoms with Crippen molar-refractivity contribution in [2.75, 3.05) is 0 Å². The molecule has 196 valence electrons. The second-order valence-electron chi connectivity index (χ2n) is 10.0. The number of rotatable bonds is 3. The highest BCUT2D eigenvalue weighted by Gasteiger charge is 2.28. The van der Waals surface area contributed by atoms with E-state index >= 15 is 8.78 Å². The molecule has 0 saturated heterocycles. The number of fused-ring (bicyclic) bond motifs is 3. The van der Waals surface area contributed by atoms with Crippen LogP contribution < -0.4 is 0 Å². The van der Waals surface area contributed by atoms with Crippen LogP contribution in [0.1, 0.15) is 32.0 Å². The van der Waals surface area contributed by atoms with Gasteiger partial charge in [0.25, 0.3) is 0 Å². The molecule has 7 rings (SSSR count). The van der Waals surface area contributed by atoms with E-state index in [1.54, 1.807) is 11.3 Å². The van der Waals surface area contributed by atoms with E-state index in [-0.39, 0.29) is 11.1 Å². The maximum absolute atomic E-state index is 15.9. The molecule has 0 radical (unpaired) electrons. The molecule has 5 aromatic heterocycles. The molecule has 9 heteroatoms. The largest absolute Gasteiger partial charge is 0.203 e. The predicted molar refractivity (Wildman–Crippen MR) is 169 cm³/mol. The van der Waals surface area contributed by atoms with Crippen molar-refractivity contribution in [1.29, 1.82) is 0 Å². The Labute approximate surface area is 244 Å². The Morgan fingerprint density at radius 2 is 1.15 bits per heavy atom. The van der Waals surface area contributed by atoms with E-state index in [1.807, 2.05) is 44.2 Å². The van der Waals surface area contributed by atoms with Crippen molar-refractivity contribution in [3.05, 3.63) is 67.9 Å². The Balaban J connectivity index is 1.41. The first kappa shape index (κ1) is 25.4. The van der Waals surface area contributed by atoms with Crippen LogP contribution in [0.5, 0.6) is 0 Å². The number of hydrogen-bond donors (Lipinski definition) is 0. The summed E-state index contributed by atoms with van der Waals surface area (Å²) < 4.78 is 43.2. The van der Waals surface area contributed by atoms with Gasteiger partial charge < -0.3 is 0 Å². The van der Waals surface area contributed by atoms with Crippen LogP contribution in [-0.2, 0) is 0 Å². The molecule has 0 unspecified atom stereocenters. The second kappa shape index (κ2) is 8.97. The monoisotopic (exact) mass is 608 g/mol. The molecule has 5 heterocycles. The van der Waals surface area contributed by atoms with Crippen LogP contribution in [-0.4, -0.2) is 8.75 Å². The van der Waals surface area contributed by atoms with Gasteiger partial charge in [0.05, 0.1) is 22.9 Å². The van der Waals surface area contributed by atoms with Crippen molar-refractivity contribution in [3.8, 4) is 30.6 Å². The van der Waals surface area contributed by atoms with E-state index in [1.165, 1.54) is 58.8 Å². The fraction of sp³-hybridized carbons (Fsp3) is 0.200. The number of benzene rings is 2. The molecule has 2 nitrogen and oxygen atoms in total. The van der Waals surface area contributed by atoms with Gasteiger partial charge in [-0.1, -0.05) is 0 Å². The number of thiophene rings is 4. The van der Waals surface area contributed by atoms with E-state index < -0.39 is 11.6 Å². The van der Waals surface area contributed by atoms with Crippen LogP contribution in [0.25, 0.3) is 61.8 Å². The summed E-state index contributed by atoms with van der Waals surface area (Å²) >= 11 is 7.57. The average molecular weight is 609 g/mol. The van der Waals surface area contributed by atoms with Gasteiger partial charge in [-0.05, 0) is 98.8 Å². The number of nitrogens with zero attached hydrogens (tertiary/aromatic N) is 2. The van der Waals surface area contributed by atoms with Crippen LogP contribution in [0.2, 0.25) is 0 Å². The quantitative estimate of drug-likeness (QED) is 0.199. The molecule has 2 aromatic carbocycles. The maximum atomic E-state index is 15.9. The van der Waals surface area contributed by atoms with Gasteiger partial charge in [0.15, 0.2) is 11.6 Å². The molecule has 0 aliphatic rings. The Morgan fingerprint density at radius 1 is 0.590 bits per heavy atom. The van der Waals surface area contributed by atoms with Gasteiger partial charge in [0.1, 0.15) is 11.0 Å². The molecule has 0 aliphatic heterocycles. The van der Waals surface area contributed by atoms with E-state index in [9.17, 15) is 0 Å². The standard InChI is InChI=1S/C30H22F2N2S5/c1-11-7-19(36-16(11)6)22-24(31)25(32)23(27-26(22)33-39-34-27)20-8-12(2)28(37-20)21-10-18-15(5)29-17(9-13(3)35-29)14(4)30(18)38-21/h7-10H,1-6H3. The number of halogens is 2. The molecule has 0 fully saturated rings. The average Bonchev–Trinajstić information content (AvgIpc) is 3.71. The smallest absolute Gasteiger partial charge is 0.170 e. The lowest BCUT2D eigenvalue weighted by Gasteiger charge is -2.08. The fourth-order valence-corrected chi connectivity index (χ4v) is 10.6. The van der Waals surface area contributed by atoms with Gasteiger partial charge in [-0.15, -0.1) is 45.3 Å². The van der Waals surface area contributed by atoms with Gasteiger partial charge in [0, 0.05) is 38.7 Å². The van der Waals surface area contributed by atoms with E-state index in [0.29, 0.717) is 20.8 Å².